The molecule has 0 bridgehead atoms. The van der Waals surface area contributed by atoms with E-state index in [4.69, 9.17) is 4.42 Å². The Bertz CT molecular complexity index is 639. The largest absolute Gasteiger partial charge is 0.451 e. The first-order valence-electron chi connectivity index (χ1n) is 7.63. The minimum absolute atomic E-state index is 0.0178. The summed E-state index contributed by atoms with van der Waals surface area (Å²) in [5.74, 6) is 0.422. The molecule has 112 valence electrons. The molecule has 3 rings (SSSR count). The molecule has 1 aromatic heterocycles. The highest BCUT2D eigenvalue weighted by atomic mass is 16.3. The van der Waals surface area contributed by atoms with E-state index in [1.165, 1.54) is 5.56 Å². The van der Waals surface area contributed by atoms with Crippen LogP contribution in [0.3, 0.4) is 0 Å². The van der Waals surface area contributed by atoms with Crippen molar-refractivity contribution >= 4 is 16.9 Å². The summed E-state index contributed by atoms with van der Waals surface area (Å²) in [6, 6.07) is 8.13. The van der Waals surface area contributed by atoms with Crippen molar-refractivity contribution in [2.45, 2.75) is 32.2 Å². The van der Waals surface area contributed by atoms with Crippen LogP contribution in [-0.2, 0) is 0 Å². The third-order valence-corrected chi connectivity index (χ3v) is 4.30. The lowest BCUT2D eigenvalue weighted by molar-refractivity contribution is 0.0690. The van der Waals surface area contributed by atoms with Crippen LogP contribution in [0.4, 0.5) is 0 Å². The summed E-state index contributed by atoms with van der Waals surface area (Å²) < 4.78 is 5.72. The number of hydrogen-bond donors (Lipinski definition) is 1. The van der Waals surface area contributed by atoms with Crippen molar-refractivity contribution in [3.63, 3.8) is 0 Å². The molecule has 1 saturated heterocycles. The molecular weight excluding hydrogens is 264 g/mol. The third kappa shape index (κ3) is 2.95. The Hall–Kier alpha value is -1.81. The molecule has 0 saturated carbocycles. The highest BCUT2D eigenvalue weighted by Gasteiger charge is 2.24. The van der Waals surface area contributed by atoms with E-state index in [1.54, 1.807) is 0 Å². The summed E-state index contributed by atoms with van der Waals surface area (Å²) in [5, 5.41) is 4.37. The number of hydrogen-bond acceptors (Lipinski definition) is 3. The SMILES string of the molecule is Cc1ccc2oc(C(=O)N(C)C3CCCNCC3)cc2c1. The van der Waals surface area contributed by atoms with Gasteiger partial charge >= 0.3 is 0 Å². The number of furan rings is 1. The summed E-state index contributed by atoms with van der Waals surface area (Å²) in [5.41, 5.74) is 1.95. The number of nitrogens with zero attached hydrogens (tertiary/aromatic N) is 1. The molecule has 1 fully saturated rings. The van der Waals surface area contributed by atoms with E-state index in [0.717, 1.165) is 43.3 Å². The number of aryl methyl sites for hydroxylation is 1. The molecule has 1 unspecified atom stereocenters. The van der Waals surface area contributed by atoms with Gasteiger partial charge in [0, 0.05) is 18.5 Å². The topological polar surface area (TPSA) is 45.5 Å². The van der Waals surface area contributed by atoms with Crippen LogP contribution in [0.1, 0.15) is 35.4 Å². The zero-order chi connectivity index (χ0) is 14.8. The van der Waals surface area contributed by atoms with Gasteiger partial charge < -0.3 is 14.6 Å². The predicted molar refractivity (Wildman–Crippen MR) is 83.6 cm³/mol. The fourth-order valence-corrected chi connectivity index (χ4v) is 3.00. The third-order valence-electron chi connectivity index (χ3n) is 4.30. The molecule has 0 spiro atoms. The molecule has 1 aliphatic rings. The van der Waals surface area contributed by atoms with Crippen molar-refractivity contribution in [2.24, 2.45) is 0 Å². The lowest BCUT2D eigenvalue weighted by Gasteiger charge is -2.26. The summed E-state index contributed by atoms with van der Waals surface area (Å²) >= 11 is 0. The van der Waals surface area contributed by atoms with Gasteiger partial charge in [0.2, 0.25) is 0 Å². The maximum Gasteiger partial charge on any atom is 0.289 e. The van der Waals surface area contributed by atoms with Crippen molar-refractivity contribution in [1.82, 2.24) is 10.2 Å². The minimum atomic E-state index is -0.0178. The predicted octanol–water partition coefficient (Wildman–Crippen LogP) is 2.96. The molecule has 0 aliphatic carbocycles. The molecular formula is C17H22N2O2. The number of nitrogens with one attached hydrogen (secondary N) is 1. The van der Waals surface area contributed by atoms with E-state index in [2.05, 4.69) is 5.32 Å². The van der Waals surface area contributed by atoms with Crippen LogP contribution >= 0.6 is 0 Å². The van der Waals surface area contributed by atoms with E-state index in [0.29, 0.717) is 11.8 Å². The first kappa shape index (κ1) is 14.1. The Morgan fingerprint density at radius 3 is 3.00 bits per heavy atom. The molecule has 4 heteroatoms. The quantitative estimate of drug-likeness (QED) is 0.923. The summed E-state index contributed by atoms with van der Waals surface area (Å²) in [6.07, 6.45) is 3.16. The number of benzene rings is 1. The second-order valence-electron chi connectivity index (χ2n) is 5.90. The Balaban J connectivity index is 1.81. The summed E-state index contributed by atoms with van der Waals surface area (Å²) in [4.78, 5) is 14.5. The molecule has 4 nitrogen and oxygen atoms in total. The van der Waals surface area contributed by atoms with Crippen LogP contribution in [0.2, 0.25) is 0 Å². The standard InChI is InChI=1S/C17H22N2O2/c1-12-5-6-15-13(10-12)11-16(21-15)17(20)19(2)14-4-3-8-18-9-7-14/h5-6,10-11,14,18H,3-4,7-9H2,1-2H3. The maximum absolute atomic E-state index is 12.6. The molecule has 1 atom stereocenters. The van der Waals surface area contributed by atoms with Crippen LogP contribution in [0, 0.1) is 6.92 Å². The Kier molecular flexibility index (Phi) is 3.97. The first-order valence-corrected chi connectivity index (χ1v) is 7.63. The number of rotatable bonds is 2. The van der Waals surface area contributed by atoms with Crippen molar-refractivity contribution in [3.8, 4) is 0 Å². The van der Waals surface area contributed by atoms with Crippen molar-refractivity contribution in [3.05, 3.63) is 35.6 Å². The Morgan fingerprint density at radius 2 is 2.14 bits per heavy atom. The van der Waals surface area contributed by atoms with Crippen LogP contribution < -0.4 is 5.32 Å². The summed E-state index contributed by atoms with van der Waals surface area (Å²) in [6.45, 7) is 4.06. The van der Waals surface area contributed by atoms with Gasteiger partial charge in [-0.25, -0.2) is 0 Å². The smallest absolute Gasteiger partial charge is 0.289 e. The van der Waals surface area contributed by atoms with E-state index in [-0.39, 0.29) is 5.91 Å². The maximum atomic E-state index is 12.6. The highest BCUT2D eigenvalue weighted by molar-refractivity contribution is 5.96. The minimum Gasteiger partial charge on any atom is -0.451 e. The summed E-state index contributed by atoms with van der Waals surface area (Å²) in [7, 11) is 1.89. The number of amides is 1. The van der Waals surface area contributed by atoms with E-state index >= 15 is 0 Å². The first-order chi connectivity index (χ1) is 10.1. The van der Waals surface area contributed by atoms with E-state index in [1.807, 2.05) is 43.1 Å². The molecule has 1 N–H and O–H groups in total. The lowest BCUT2D eigenvalue weighted by Crippen LogP contribution is -2.37. The van der Waals surface area contributed by atoms with Gasteiger partial charge in [-0.05, 0) is 57.5 Å². The average Bonchev–Trinajstić information content (AvgIpc) is 2.71. The second-order valence-corrected chi connectivity index (χ2v) is 5.90. The monoisotopic (exact) mass is 286 g/mol. The van der Waals surface area contributed by atoms with Gasteiger partial charge in [-0.1, -0.05) is 11.6 Å². The fourth-order valence-electron chi connectivity index (χ4n) is 3.00. The lowest BCUT2D eigenvalue weighted by atomic mass is 10.1. The van der Waals surface area contributed by atoms with E-state index in [9.17, 15) is 4.79 Å². The van der Waals surface area contributed by atoms with Gasteiger partial charge in [0.25, 0.3) is 5.91 Å². The molecule has 1 aromatic carbocycles. The Morgan fingerprint density at radius 1 is 1.29 bits per heavy atom. The van der Waals surface area contributed by atoms with Gasteiger partial charge in [0.15, 0.2) is 5.76 Å². The van der Waals surface area contributed by atoms with E-state index < -0.39 is 0 Å². The Labute approximate surface area is 125 Å². The number of carbonyl (C=O) groups excluding carboxylic acids is 1. The molecule has 1 amide bonds. The number of carbonyl (C=O) groups is 1. The van der Waals surface area contributed by atoms with Crippen molar-refractivity contribution in [1.29, 1.82) is 0 Å². The van der Waals surface area contributed by atoms with Gasteiger partial charge in [-0.3, -0.25) is 4.79 Å². The molecule has 21 heavy (non-hydrogen) atoms. The fraction of sp³-hybridized carbons (Fsp3) is 0.471. The molecule has 2 aromatic rings. The van der Waals surface area contributed by atoms with Gasteiger partial charge in [0.05, 0.1) is 0 Å². The van der Waals surface area contributed by atoms with Crippen LogP contribution in [0.15, 0.2) is 28.7 Å². The second kappa shape index (κ2) is 5.90. The number of fused-ring (bicyclic) bond motifs is 1. The van der Waals surface area contributed by atoms with Crippen LogP contribution in [-0.4, -0.2) is 37.0 Å². The molecule has 0 radical (unpaired) electrons. The zero-order valence-corrected chi connectivity index (χ0v) is 12.7. The molecule has 2 heterocycles. The van der Waals surface area contributed by atoms with Gasteiger partial charge in [0.1, 0.15) is 5.58 Å². The van der Waals surface area contributed by atoms with Crippen LogP contribution in [0.5, 0.6) is 0 Å². The van der Waals surface area contributed by atoms with Crippen molar-refractivity contribution in [2.75, 3.05) is 20.1 Å². The zero-order valence-electron chi connectivity index (χ0n) is 12.7. The van der Waals surface area contributed by atoms with Gasteiger partial charge in [-0.2, -0.15) is 0 Å². The van der Waals surface area contributed by atoms with Crippen molar-refractivity contribution < 1.29 is 9.21 Å². The van der Waals surface area contributed by atoms with Gasteiger partial charge in [-0.15, -0.1) is 0 Å². The normalized spacial score (nSPS) is 19.4. The molecule has 1 aliphatic heterocycles. The average molecular weight is 286 g/mol. The highest BCUT2D eigenvalue weighted by Crippen LogP contribution is 2.23. The van der Waals surface area contributed by atoms with Crippen LogP contribution in [0.25, 0.3) is 11.0 Å².